The molecule has 118 valence electrons. The Morgan fingerprint density at radius 1 is 1.24 bits per heavy atom. The van der Waals surface area contributed by atoms with Crippen molar-refractivity contribution in [3.05, 3.63) is 28.7 Å². The maximum Gasteiger partial charge on any atom is 0.243 e. The third-order valence-electron chi connectivity index (χ3n) is 3.00. The van der Waals surface area contributed by atoms with Gasteiger partial charge in [-0.1, -0.05) is 15.9 Å². The highest BCUT2D eigenvalue weighted by molar-refractivity contribution is 9.10. The monoisotopic (exact) mass is 377 g/mol. The second-order valence-electron chi connectivity index (χ2n) is 4.63. The van der Waals surface area contributed by atoms with Crippen LogP contribution in [0.2, 0.25) is 0 Å². The van der Waals surface area contributed by atoms with E-state index in [9.17, 15) is 13.2 Å². The lowest BCUT2D eigenvalue weighted by Gasteiger charge is -2.21. The van der Waals surface area contributed by atoms with Crippen LogP contribution in [0.25, 0.3) is 0 Å². The predicted octanol–water partition coefficient (Wildman–Crippen LogP) is 0.747. The molecule has 1 aromatic carbocycles. The fourth-order valence-corrected chi connectivity index (χ4v) is 2.97. The zero-order valence-corrected chi connectivity index (χ0v) is 14.7. The highest BCUT2D eigenvalue weighted by Crippen LogP contribution is 2.17. The van der Waals surface area contributed by atoms with Crippen molar-refractivity contribution in [1.82, 2.24) is 14.5 Å². The summed E-state index contributed by atoms with van der Waals surface area (Å²) in [7, 11) is 1.20. The summed E-state index contributed by atoms with van der Waals surface area (Å²) in [4.78, 5) is 13.6. The second-order valence-corrected chi connectivity index (χ2v) is 7.59. The molecule has 0 bridgehead atoms. The summed E-state index contributed by atoms with van der Waals surface area (Å²) in [5.74, 6) is -0.242. The fraction of sp³-hybridized carbons (Fsp3) is 0.462. The maximum atomic E-state index is 12.3. The number of rotatable bonds is 7. The number of sulfonamides is 1. The topological polar surface area (TPSA) is 69.7 Å². The van der Waals surface area contributed by atoms with Crippen molar-refractivity contribution in [3.63, 3.8) is 0 Å². The molecule has 0 saturated heterocycles. The molecule has 1 rings (SSSR count). The van der Waals surface area contributed by atoms with Crippen molar-refractivity contribution >= 4 is 31.9 Å². The normalized spacial score (nSPS) is 11.7. The average Bonchev–Trinajstić information content (AvgIpc) is 2.44. The Hall–Kier alpha value is -0.960. The van der Waals surface area contributed by atoms with Gasteiger partial charge in [0, 0.05) is 31.7 Å². The van der Waals surface area contributed by atoms with E-state index in [-0.39, 0.29) is 17.3 Å². The van der Waals surface area contributed by atoms with Crippen molar-refractivity contribution in [3.8, 4) is 0 Å². The highest BCUT2D eigenvalue weighted by Gasteiger charge is 2.23. The summed E-state index contributed by atoms with van der Waals surface area (Å²) in [6.45, 7) is 1.01. The summed E-state index contributed by atoms with van der Waals surface area (Å²) in [6.07, 6.45) is 0. The van der Waals surface area contributed by atoms with Crippen LogP contribution in [0.15, 0.2) is 33.6 Å². The number of nitrogens with zero attached hydrogens (tertiary/aromatic N) is 2. The molecule has 0 spiro atoms. The van der Waals surface area contributed by atoms with Crippen LogP contribution in [-0.2, 0) is 14.8 Å². The molecule has 21 heavy (non-hydrogen) atoms. The van der Waals surface area contributed by atoms with E-state index < -0.39 is 10.0 Å². The zero-order chi connectivity index (χ0) is 16.0. The van der Waals surface area contributed by atoms with Crippen LogP contribution in [0.5, 0.6) is 0 Å². The standard InChI is InChI=1S/C13H20BrN3O3S/c1-15-8-9-16(2)13(18)10-17(3)21(19,20)12-6-4-11(14)5-7-12/h4-7,15H,8-10H2,1-3H3. The van der Waals surface area contributed by atoms with Gasteiger partial charge in [0.2, 0.25) is 15.9 Å². The van der Waals surface area contributed by atoms with E-state index >= 15 is 0 Å². The van der Waals surface area contributed by atoms with Gasteiger partial charge in [-0.05, 0) is 31.3 Å². The van der Waals surface area contributed by atoms with Crippen molar-refractivity contribution in [2.24, 2.45) is 0 Å². The van der Waals surface area contributed by atoms with Crippen LogP contribution in [0, 0.1) is 0 Å². The quantitative estimate of drug-likeness (QED) is 0.760. The lowest BCUT2D eigenvalue weighted by molar-refractivity contribution is -0.129. The number of likely N-dealkylation sites (N-methyl/N-ethyl adjacent to an activating group) is 3. The molecule has 1 amide bonds. The summed E-state index contributed by atoms with van der Waals surface area (Å²) in [6, 6.07) is 6.32. The van der Waals surface area contributed by atoms with Crippen molar-refractivity contribution < 1.29 is 13.2 Å². The van der Waals surface area contributed by atoms with Crippen LogP contribution in [0.1, 0.15) is 0 Å². The second kappa shape index (κ2) is 7.88. The first kappa shape index (κ1) is 18.1. The van der Waals surface area contributed by atoms with Crippen molar-refractivity contribution in [1.29, 1.82) is 0 Å². The molecule has 0 aliphatic rings. The van der Waals surface area contributed by atoms with Gasteiger partial charge in [-0.2, -0.15) is 4.31 Å². The first-order valence-corrected chi connectivity index (χ1v) is 8.63. The molecule has 0 saturated carbocycles. The van der Waals surface area contributed by atoms with E-state index in [1.807, 2.05) is 0 Å². The molecule has 6 nitrogen and oxygen atoms in total. The lowest BCUT2D eigenvalue weighted by atomic mass is 10.4. The zero-order valence-electron chi connectivity index (χ0n) is 12.3. The van der Waals surface area contributed by atoms with E-state index in [2.05, 4.69) is 21.2 Å². The van der Waals surface area contributed by atoms with E-state index in [0.717, 1.165) is 8.78 Å². The number of amides is 1. The number of benzene rings is 1. The maximum absolute atomic E-state index is 12.3. The Labute approximate surface area is 134 Å². The molecule has 0 atom stereocenters. The molecule has 0 heterocycles. The van der Waals surface area contributed by atoms with Gasteiger partial charge in [-0.3, -0.25) is 4.79 Å². The Morgan fingerprint density at radius 2 is 1.81 bits per heavy atom. The SMILES string of the molecule is CNCCN(C)C(=O)CN(C)S(=O)(=O)c1ccc(Br)cc1. The van der Waals surface area contributed by atoms with Gasteiger partial charge in [0.25, 0.3) is 0 Å². The van der Waals surface area contributed by atoms with Gasteiger partial charge in [-0.15, -0.1) is 0 Å². The van der Waals surface area contributed by atoms with E-state index in [1.54, 1.807) is 26.2 Å². The molecule has 0 unspecified atom stereocenters. The minimum Gasteiger partial charge on any atom is -0.343 e. The number of halogens is 1. The fourth-order valence-electron chi connectivity index (χ4n) is 1.59. The molecular formula is C13H20BrN3O3S. The third kappa shape index (κ3) is 5.06. The molecule has 0 aliphatic heterocycles. The van der Waals surface area contributed by atoms with E-state index in [4.69, 9.17) is 0 Å². The van der Waals surface area contributed by atoms with Crippen LogP contribution < -0.4 is 5.32 Å². The number of carbonyl (C=O) groups excluding carboxylic acids is 1. The molecule has 1 aromatic rings. The summed E-state index contributed by atoms with van der Waals surface area (Å²) in [5, 5.41) is 2.94. The highest BCUT2D eigenvalue weighted by atomic mass is 79.9. The van der Waals surface area contributed by atoms with Gasteiger partial charge >= 0.3 is 0 Å². The molecule has 0 aromatic heterocycles. The van der Waals surface area contributed by atoms with Gasteiger partial charge in [0.1, 0.15) is 0 Å². The molecular weight excluding hydrogens is 358 g/mol. The summed E-state index contributed by atoms with van der Waals surface area (Å²) in [5.41, 5.74) is 0. The predicted molar refractivity (Wildman–Crippen MR) is 85.5 cm³/mol. The Morgan fingerprint density at radius 3 is 2.33 bits per heavy atom. The molecule has 8 heteroatoms. The smallest absolute Gasteiger partial charge is 0.243 e. The van der Waals surface area contributed by atoms with Gasteiger partial charge in [-0.25, -0.2) is 8.42 Å². The van der Waals surface area contributed by atoms with Crippen molar-refractivity contribution in [2.75, 3.05) is 40.8 Å². The van der Waals surface area contributed by atoms with Crippen LogP contribution in [-0.4, -0.2) is 64.3 Å². The third-order valence-corrected chi connectivity index (χ3v) is 5.35. The number of nitrogens with one attached hydrogen (secondary N) is 1. The average molecular weight is 378 g/mol. The number of carbonyl (C=O) groups is 1. The Bertz CT molecular complexity index is 575. The summed E-state index contributed by atoms with van der Waals surface area (Å²) < 4.78 is 26.5. The number of hydrogen-bond acceptors (Lipinski definition) is 4. The van der Waals surface area contributed by atoms with Crippen LogP contribution >= 0.6 is 15.9 Å². The minimum absolute atomic E-state index is 0.166. The number of hydrogen-bond donors (Lipinski definition) is 1. The molecule has 0 fully saturated rings. The minimum atomic E-state index is -3.66. The van der Waals surface area contributed by atoms with Gasteiger partial charge in [0.15, 0.2) is 0 Å². The van der Waals surface area contributed by atoms with Gasteiger partial charge in [0.05, 0.1) is 11.4 Å². The van der Waals surface area contributed by atoms with Crippen LogP contribution in [0.4, 0.5) is 0 Å². The van der Waals surface area contributed by atoms with Gasteiger partial charge < -0.3 is 10.2 Å². The van der Waals surface area contributed by atoms with Crippen LogP contribution in [0.3, 0.4) is 0 Å². The van der Waals surface area contributed by atoms with Crippen molar-refractivity contribution in [2.45, 2.75) is 4.90 Å². The first-order chi connectivity index (χ1) is 9.78. The molecule has 0 aliphatic carbocycles. The lowest BCUT2D eigenvalue weighted by Crippen LogP contribution is -2.41. The van der Waals surface area contributed by atoms with E-state index in [1.165, 1.54) is 24.1 Å². The van der Waals surface area contributed by atoms with E-state index in [0.29, 0.717) is 13.1 Å². The Balaban J connectivity index is 2.75. The first-order valence-electron chi connectivity index (χ1n) is 6.39. The molecule has 1 N–H and O–H groups in total. The largest absolute Gasteiger partial charge is 0.343 e. The summed E-state index contributed by atoms with van der Waals surface area (Å²) >= 11 is 3.26. The Kier molecular flexibility index (Phi) is 6.79. The molecule has 0 radical (unpaired) electrons.